The van der Waals surface area contributed by atoms with E-state index in [-0.39, 0.29) is 17.6 Å². The molecule has 0 saturated carbocycles. The molecule has 3 aromatic rings. The average Bonchev–Trinajstić information content (AvgIpc) is 3.03. The third-order valence-corrected chi connectivity index (χ3v) is 4.48. The van der Waals surface area contributed by atoms with Crippen molar-refractivity contribution < 1.29 is 18.8 Å². The fraction of sp³-hybridized carbons (Fsp3) is 0.318. The van der Waals surface area contributed by atoms with Crippen molar-refractivity contribution in [2.24, 2.45) is 0 Å². The van der Waals surface area contributed by atoms with Crippen molar-refractivity contribution in [2.75, 3.05) is 0 Å². The Morgan fingerprint density at radius 1 is 1.07 bits per heavy atom. The molecule has 0 radical (unpaired) electrons. The number of fused-ring (bicyclic) bond motifs is 1. The summed E-state index contributed by atoms with van der Waals surface area (Å²) in [5.74, 6) is -0.741. The Hall–Kier alpha value is -2.95. The van der Waals surface area contributed by atoms with Gasteiger partial charge in [0.05, 0.1) is 6.42 Å². The van der Waals surface area contributed by atoms with Crippen LogP contribution >= 0.6 is 0 Å². The van der Waals surface area contributed by atoms with Gasteiger partial charge in [0.15, 0.2) is 11.7 Å². The summed E-state index contributed by atoms with van der Waals surface area (Å²) in [6.45, 7) is 7.92. The normalized spacial score (nSPS) is 12.7. The van der Waals surface area contributed by atoms with Gasteiger partial charge in [-0.25, -0.2) is 0 Å². The van der Waals surface area contributed by atoms with E-state index in [2.05, 4.69) is 25.9 Å². The number of para-hydroxylation sites is 1. The van der Waals surface area contributed by atoms with Crippen LogP contribution < -0.4 is 0 Å². The number of ether oxygens (including phenoxy) is 1. The van der Waals surface area contributed by atoms with Crippen molar-refractivity contribution in [3.8, 4) is 0 Å². The minimum atomic E-state index is -0.865. The van der Waals surface area contributed by atoms with Crippen LogP contribution in [0.15, 0.2) is 53.1 Å². The fourth-order valence-electron chi connectivity index (χ4n) is 2.86. The number of benzene rings is 2. The molecule has 1 atom stereocenters. The summed E-state index contributed by atoms with van der Waals surface area (Å²) in [4.78, 5) is 24.8. The lowest BCUT2D eigenvalue weighted by molar-refractivity contribution is -0.145. The summed E-state index contributed by atoms with van der Waals surface area (Å²) in [6, 6.07) is 14.7. The van der Waals surface area contributed by atoms with Gasteiger partial charge < -0.3 is 9.26 Å². The molecule has 3 rings (SSSR count). The van der Waals surface area contributed by atoms with Gasteiger partial charge in [0, 0.05) is 10.9 Å². The number of hydrogen-bond donors (Lipinski definition) is 0. The fourth-order valence-corrected chi connectivity index (χ4v) is 2.86. The van der Waals surface area contributed by atoms with Crippen molar-refractivity contribution in [2.45, 2.75) is 45.6 Å². The molecule has 0 aliphatic heterocycles. The van der Waals surface area contributed by atoms with Crippen molar-refractivity contribution in [3.63, 3.8) is 0 Å². The molecule has 0 amide bonds. The minimum absolute atomic E-state index is 0.0139. The molecule has 0 N–H and O–H groups in total. The van der Waals surface area contributed by atoms with E-state index in [1.807, 2.05) is 30.3 Å². The lowest BCUT2D eigenvalue weighted by Gasteiger charge is -2.19. The Bertz CT molecular complexity index is 964. The molecule has 0 fully saturated rings. The van der Waals surface area contributed by atoms with E-state index in [0.717, 1.165) is 10.9 Å². The third kappa shape index (κ3) is 4.25. The zero-order valence-electron chi connectivity index (χ0n) is 16.0. The maximum absolute atomic E-state index is 12.5. The van der Waals surface area contributed by atoms with Crippen LogP contribution in [0.5, 0.6) is 0 Å². The van der Waals surface area contributed by atoms with Gasteiger partial charge in [-0.2, -0.15) is 0 Å². The summed E-state index contributed by atoms with van der Waals surface area (Å²) in [5, 5.41) is 4.69. The molecule has 0 aliphatic carbocycles. The number of nitrogens with zero attached hydrogens (tertiary/aromatic N) is 1. The number of carbonyl (C=O) groups excluding carboxylic acids is 2. The SMILES string of the molecule is C[C@H](OC(=O)Cc1noc2ccccc12)C(=O)c1ccc(C(C)(C)C)cc1. The molecule has 5 heteroatoms. The zero-order valence-corrected chi connectivity index (χ0v) is 16.0. The van der Waals surface area contributed by atoms with E-state index >= 15 is 0 Å². The number of aromatic nitrogens is 1. The van der Waals surface area contributed by atoms with E-state index in [9.17, 15) is 9.59 Å². The highest BCUT2D eigenvalue weighted by atomic mass is 16.5. The maximum atomic E-state index is 12.5. The van der Waals surface area contributed by atoms with Crippen LogP contribution in [0.3, 0.4) is 0 Å². The van der Waals surface area contributed by atoms with Crippen LogP contribution in [-0.2, 0) is 21.4 Å². The highest BCUT2D eigenvalue weighted by molar-refractivity contribution is 6.00. The molecule has 5 nitrogen and oxygen atoms in total. The van der Waals surface area contributed by atoms with Gasteiger partial charge in [0.25, 0.3) is 0 Å². The first-order valence-electron chi connectivity index (χ1n) is 8.93. The largest absolute Gasteiger partial charge is 0.454 e. The molecule has 27 heavy (non-hydrogen) atoms. The maximum Gasteiger partial charge on any atom is 0.312 e. The van der Waals surface area contributed by atoms with Gasteiger partial charge in [-0.05, 0) is 30.0 Å². The number of hydrogen-bond acceptors (Lipinski definition) is 5. The van der Waals surface area contributed by atoms with E-state index in [1.165, 1.54) is 0 Å². The van der Waals surface area contributed by atoms with Crippen LogP contribution in [0, 0.1) is 0 Å². The number of carbonyl (C=O) groups is 2. The Labute approximate surface area is 158 Å². The molecule has 0 unspecified atom stereocenters. The molecule has 0 spiro atoms. The smallest absolute Gasteiger partial charge is 0.312 e. The molecule has 1 heterocycles. The Kier molecular flexibility index (Phi) is 5.13. The number of Topliss-reactive ketones (excluding diaryl/α,β-unsaturated/α-hetero) is 1. The van der Waals surface area contributed by atoms with E-state index < -0.39 is 12.1 Å². The Balaban J connectivity index is 1.64. The number of ketones is 1. The van der Waals surface area contributed by atoms with Gasteiger partial charge in [-0.15, -0.1) is 0 Å². The van der Waals surface area contributed by atoms with Crippen molar-refractivity contribution in [3.05, 3.63) is 65.4 Å². The molecule has 140 valence electrons. The average molecular weight is 365 g/mol. The molecule has 0 bridgehead atoms. The van der Waals surface area contributed by atoms with Crippen molar-refractivity contribution in [1.29, 1.82) is 0 Å². The molecule has 0 aliphatic rings. The summed E-state index contributed by atoms with van der Waals surface area (Å²) >= 11 is 0. The van der Waals surface area contributed by atoms with E-state index in [4.69, 9.17) is 9.26 Å². The van der Waals surface area contributed by atoms with Crippen LogP contribution in [0.4, 0.5) is 0 Å². The van der Waals surface area contributed by atoms with Gasteiger partial charge in [0.1, 0.15) is 5.69 Å². The van der Waals surface area contributed by atoms with Crippen molar-refractivity contribution in [1.82, 2.24) is 5.16 Å². The molecule has 0 saturated heterocycles. The van der Waals surface area contributed by atoms with Crippen LogP contribution in [-0.4, -0.2) is 23.0 Å². The van der Waals surface area contributed by atoms with Gasteiger partial charge >= 0.3 is 5.97 Å². The summed E-state index contributed by atoms with van der Waals surface area (Å²) < 4.78 is 10.5. The lowest BCUT2D eigenvalue weighted by Crippen LogP contribution is -2.25. The first-order chi connectivity index (χ1) is 12.8. The Morgan fingerprint density at radius 2 is 1.74 bits per heavy atom. The second-order valence-electron chi connectivity index (χ2n) is 7.63. The quantitative estimate of drug-likeness (QED) is 0.492. The van der Waals surface area contributed by atoms with Crippen LogP contribution in [0.2, 0.25) is 0 Å². The minimum Gasteiger partial charge on any atom is -0.454 e. The second kappa shape index (κ2) is 7.35. The predicted molar refractivity (Wildman–Crippen MR) is 103 cm³/mol. The number of rotatable bonds is 5. The number of esters is 1. The van der Waals surface area contributed by atoms with Gasteiger partial charge in [0.2, 0.25) is 5.78 Å². The third-order valence-electron chi connectivity index (χ3n) is 4.48. The second-order valence-corrected chi connectivity index (χ2v) is 7.63. The first kappa shape index (κ1) is 18.8. The lowest BCUT2D eigenvalue weighted by atomic mass is 9.86. The Morgan fingerprint density at radius 3 is 2.41 bits per heavy atom. The van der Waals surface area contributed by atoms with Crippen LogP contribution in [0.25, 0.3) is 11.0 Å². The predicted octanol–water partition coefficient (Wildman–Crippen LogP) is 4.48. The first-order valence-corrected chi connectivity index (χ1v) is 8.93. The standard InChI is InChI=1S/C22H23NO4/c1-14(21(25)15-9-11-16(12-10-15)22(2,3)4)26-20(24)13-18-17-7-5-6-8-19(17)27-23-18/h5-12,14H,13H2,1-4H3/t14-/m0/s1. The summed E-state index contributed by atoms with van der Waals surface area (Å²) in [7, 11) is 0. The van der Waals surface area contributed by atoms with Gasteiger partial charge in [-0.1, -0.05) is 62.3 Å². The summed E-state index contributed by atoms with van der Waals surface area (Å²) in [5.41, 5.74) is 2.80. The molecule has 2 aromatic carbocycles. The highest BCUT2D eigenvalue weighted by Gasteiger charge is 2.22. The summed E-state index contributed by atoms with van der Waals surface area (Å²) in [6.07, 6.45) is -0.909. The van der Waals surface area contributed by atoms with E-state index in [0.29, 0.717) is 16.8 Å². The topological polar surface area (TPSA) is 69.4 Å². The molecular weight excluding hydrogens is 342 g/mol. The van der Waals surface area contributed by atoms with Gasteiger partial charge in [-0.3, -0.25) is 9.59 Å². The highest BCUT2D eigenvalue weighted by Crippen LogP contribution is 2.23. The monoisotopic (exact) mass is 365 g/mol. The van der Waals surface area contributed by atoms with E-state index in [1.54, 1.807) is 25.1 Å². The molecule has 1 aromatic heterocycles. The van der Waals surface area contributed by atoms with Crippen LogP contribution in [0.1, 0.15) is 49.3 Å². The van der Waals surface area contributed by atoms with Crippen molar-refractivity contribution >= 4 is 22.7 Å². The zero-order chi connectivity index (χ0) is 19.6. The molecular formula is C22H23NO4.